The van der Waals surface area contributed by atoms with Gasteiger partial charge in [0.05, 0.1) is 0 Å². The summed E-state index contributed by atoms with van der Waals surface area (Å²) in [6, 6.07) is 0.204. The highest BCUT2D eigenvalue weighted by atomic mass is 16.2. The Balaban J connectivity index is 2.64. The van der Waals surface area contributed by atoms with Crippen LogP contribution in [0.1, 0.15) is 31.3 Å². The molecule has 0 N–H and O–H groups in total. The van der Waals surface area contributed by atoms with E-state index in [-0.39, 0.29) is 23.8 Å². The number of aryl methyl sites for hydroxylation is 2. The average molecular weight is 315 g/mol. The number of imidazole rings is 2. The van der Waals surface area contributed by atoms with Gasteiger partial charge in [0.15, 0.2) is 11.2 Å². The lowest BCUT2D eigenvalue weighted by atomic mass is 10.3. The average Bonchev–Trinajstić information content (AvgIpc) is 2.98. The lowest BCUT2D eigenvalue weighted by Crippen LogP contribution is -2.39. The van der Waals surface area contributed by atoms with E-state index in [4.69, 9.17) is 0 Å². The van der Waals surface area contributed by atoms with Gasteiger partial charge < -0.3 is 4.57 Å². The summed E-state index contributed by atoms with van der Waals surface area (Å²) in [5.41, 5.74) is 2.15. The van der Waals surface area contributed by atoms with Crippen LogP contribution in [0.2, 0.25) is 0 Å². The third-order valence-electron chi connectivity index (χ3n) is 4.39. The second kappa shape index (κ2) is 4.97. The molecule has 0 saturated heterocycles. The van der Waals surface area contributed by atoms with E-state index < -0.39 is 0 Å². The quantitative estimate of drug-likeness (QED) is 0.689. The van der Waals surface area contributed by atoms with Crippen LogP contribution in [0, 0.1) is 13.8 Å². The van der Waals surface area contributed by atoms with Crippen LogP contribution in [0.25, 0.3) is 16.9 Å². The molecule has 0 aliphatic heterocycles. The first kappa shape index (κ1) is 15.3. The fourth-order valence-corrected chi connectivity index (χ4v) is 3.18. The molecule has 3 heterocycles. The highest BCUT2D eigenvalue weighted by Crippen LogP contribution is 2.23. The molecule has 3 aromatic heterocycles. The number of fused-ring (bicyclic) bond motifs is 3. The molecule has 23 heavy (non-hydrogen) atoms. The van der Waals surface area contributed by atoms with Crippen LogP contribution in [-0.4, -0.2) is 23.1 Å². The van der Waals surface area contributed by atoms with Gasteiger partial charge in [0, 0.05) is 31.0 Å². The highest BCUT2D eigenvalue weighted by molar-refractivity contribution is 5.76. The van der Waals surface area contributed by atoms with Gasteiger partial charge in [0.25, 0.3) is 5.56 Å². The van der Waals surface area contributed by atoms with Gasteiger partial charge in [0.1, 0.15) is 0 Å². The zero-order valence-corrected chi connectivity index (χ0v) is 14.1. The molecule has 0 fully saturated rings. The van der Waals surface area contributed by atoms with Gasteiger partial charge in [-0.15, -0.1) is 6.58 Å². The molecular formula is C16H21N5O2. The predicted molar refractivity (Wildman–Crippen MR) is 90.2 cm³/mol. The first-order valence-corrected chi connectivity index (χ1v) is 7.61. The minimum Gasteiger partial charge on any atom is -0.311 e. The lowest BCUT2D eigenvalue weighted by molar-refractivity contribution is 0.600. The van der Waals surface area contributed by atoms with E-state index in [0.29, 0.717) is 16.9 Å². The summed E-state index contributed by atoms with van der Waals surface area (Å²) in [7, 11) is 1.64. The third kappa shape index (κ3) is 1.85. The molecule has 0 aliphatic carbocycles. The Hall–Kier alpha value is -2.57. The van der Waals surface area contributed by atoms with E-state index in [2.05, 4.69) is 30.0 Å². The number of nitrogens with zero attached hydrogens (tertiary/aromatic N) is 5. The van der Waals surface area contributed by atoms with Crippen molar-refractivity contribution in [3.63, 3.8) is 0 Å². The highest BCUT2D eigenvalue weighted by Gasteiger charge is 2.22. The summed E-state index contributed by atoms with van der Waals surface area (Å²) in [5.74, 6) is 0.688. The number of allylic oxidation sites excluding steroid dienone is 1. The molecule has 7 nitrogen and oxygen atoms in total. The summed E-state index contributed by atoms with van der Waals surface area (Å²) in [5, 5.41) is 0. The molecular weight excluding hydrogens is 294 g/mol. The Bertz CT molecular complexity index is 1060. The van der Waals surface area contributed by atoms with Gasteiger partial charge in [-0.2, -0.15) is 4.98 Å². The Kier molecular flexibility index (Phi) is 3.31. The molecule has 3 rings (SSSR count). The van der Waals surface area contributed by atoms with Crippen molar-refractivity contribution in [2.24, 2.45) is 7.05 Å². The Morgan fingerprint density at radius 2 is 1.87 bits per heavy atom. The van der Waals surface area contributed by atoms with Crippen molar-refractivity contribution in [3.05, 3.63) is 44.9 Å². The standard InChI is InChI=1S/C16H21N5O2/c1-7-8-19-14(22)12-13(18(6)16(19)23)17-15-20(9(2)3)10(4)11(5)21(12)15/h7,9H,1,8H2,2-6H3. The maximum Gasteiger partial charge on any atom is 0.332 e. The topological polar surface area (TPSA) is 66.2 Å². The third-order valence-corrected chi connectivity index (χ3v) is 4.39. The molecule has 3 aromatic rings. The van der Waals surface area contributed by atoms with Crippen molar-refractivity contribution < 1.29 is 0 Å². The normalized spacial score (nSPS) is 11.9. The van der Waals surface area contributed by atoms with Crippen LogP contribution in [0.3, 0.4) is 0 Å². The molecule has 0 saturated carbocycles. The summed E-state index contributed by atoms with van der Waals surface area (Å²) in [6.07, 6.45) is 1.55. The molecule has 0 amide bonds. The molecule has 0 aromatic carbocycles. The van der Waals surface area contributed by atoms with E-state index in [1.165, 1.54) is 9.13 Å². The van der Waals surface area contributed by atoms with Crippen LogP contribution in [0.4, 0.5) is 0 Å². The lowest BCUT2D eigenvalue weighted by Gasteiger charge is -2.09. The number of rotatable bonds is 3. The van der Waals surface area contributed by atoms with Crippen LogP contribution in [0.15, 0.2) is 22.2 Å². The molecule has 0 spiro atoms. The largest absolute Gasteiger partial charge is 0.332 e. The Morgan fingerprint density at radius 1 is 1.22 bits per heavy atom. The minimum absolute atomic E-state index is 0.178. The summed E-state index contributed by atoms with van der Waals surface area (Å²) in [6.45, 7) is 11.9. The minimum atomic E-state index is -0.381. The van der Waals surface area contributed by atoms with Crippen molar-refractivity contribution in [1.82, 2.24) is 23.1 Å². The van der Waals surface area contributed by atoms with Gasteiger partial charge in [-0.3, -0.25) is 18.3 Å². The van der Waals surface area contributed by atoms with Gasteiger partial charge in [-0.1, -0.05) is 6.08 Å². The molecule has 0 radical (unpaired) electrons. The molecule has 0 aliphatic rings. The van der Waals surface area contributed by atoms with E-state index in [1.54, 1.807) is 13.1 Å². The monoisotopic (exact) mass is 315 g/mol. The maximum atomic E-state index is 12.8. The van der Waals surface area contributed by atoms with E-state index >= 15 is 0 Å². The molecule has 0 unspecified atom stereocenters. The van der Waals surface area contributed by atoms with Crippen molar-refractivity contribution in [2.75, 3.05) is 0 Å². The van der Waals surface area contributed by atoms with Crippen molar-refractivity contribution in [3.8, 4) is 0 Å². The Morgan fingerprint density at radius 3 is 2.43 bits per heavy atom. The van der Waals surface area contributed by atoms with Crippen molar-refractivity contribution in [2.45, 2.75) is 40.3 Å². The van der Waals surface area contributed by atoms with Gasteiger partial charge in [-0.25, -0.2) is 4.79 Å². The van der Waals surface area contributed by atoms with Crippen LogP contribution >= 0.6 is 0 Å². The van der Waals surface area contributed by atoms with Crippen LogP contribution in [-0.2, 0) is 13.6 Å². The van der Waals surface area contributed by atoms with Gasteiger partial charge in [-0.05, 0) is 27.7 Å². The maximum absolute atomic E-state index is 12.8. The molecule has 122 valence electrons. The second-order valence-electron chi connectivity index (χ2n) is 6.10. The number of aromatic nitrogens is 5. The van der Waals surface area contributed by atoms with Gasteiger partial charge >= 0.3 is 5.69 Å². The smallest absolute Gasteiger partial charge is 0.311 e. The van der Waals surface area contributed by atoms with E-state index in [0.717, 1.165) is 11.4 Å². The fourth-order valence-electron chi connectivity index (χ4n) is 3.18. The molecule has 0 bridgehead atoms. The van der Waals surface area contributed by atoms with Crippen molar-refractivity contribution in [1.29, 1.82) is 0 Å². The zero-order chi connectivity index (χ0) is 17.0. The molecule has 0 atom stereocenters. The summed E-state index contributed by atoms with van der Waals surface area (Å²) in [4.78, 5) is 29.8. The SMILES string of the molecule is C=CCn1c(=O)c2c(nc3n(C(C)C)c(C)c(C)n23)n(C)c1=O. The predicted octanol–water partition coefficient (Wildman–Crippen LogP) is 1.53. The number of hydrogen-bond donors (Lipinski definition) is 0. The van der Waals surface area contributed by atoms with E-state index in [9.17, 15) is 9.59 Å². The zero-order valence-electron chi connectivity index (χ0n) is 14.1. The fraction of sp³-hybridized carbons (Fsp3) is 0.438. The summed E-state index contributed by atoms with van der Waals surface area (Å²) >= 11 is 0. The van der Waals surface area contributed by atoms with Gasteiger partial charge in [0.2, 0.25) is 5.78 Å². The first-order chi connectivity index (χ1) is 10.8. The van der Waals surface area contributed by atoms with Crippen LogP contribution in [0.5, 0.6) is 0 Å². The summed E-state index contributed by atoms with van der Waals surface area (Å²) < 4.78 is 6.54. The first-order valence-electron chi connectivity index (χ1n) is 7.61. The molecule has 7 heteroatoms. The van der Waals surface area contributed by atoms with E-state index in [1.807, 2.05) is 18.2 Å². The van der Waals surface area contributed by atoms with Crippen molar-refractivity contribution >= 4 is 16.9 Å². The number of hydrogen-bond acceptors (Lipinski definition) is 3. The Labute approximate surface area is 133 Å². The second-order valence-corrected chi connectivity index (χ2v) is 6.10. The van der Waals surface area contributed by atoms with Crippen LogP contribution < -0.4 is 11.2 Å².